The number of nitrogens with one attached hydrogen (secondary N) is 1. The zero-order chi connectivity index (χ0) is 11.1. The van der Waals surface area contributed by atoms with E-state index in [1.807, 2.05) is 19.9 Å². The summed E-state index contributed by atoms with van der Waals surface area (Å²) in [7, 11) is 0. The Morgan fingerprint density at radius 3 is 2.27 bits per heavy atom. The van der Waals surface area contributed by atoms with E-state index in [1.165, 1.54) is 11.1 Å². The van der Waals surface area contributed by atoms with Gasteiger partial charge >= 0.3 is 0 Å². The van der Waals surface area contributed by atoms with Crippen LogP contribution in [0, 0.1) is 0 Å². The van der Waals surface area contributed by atoms with Gasteiger partial charge in [-0.2, -0.15) is 0 Å². The van der Waals surface area contributed by atoms with Crippen LogP contribution in [-0.2, 0) is 0 Å². The molecule has 1 aromatic rings. The van der Waals surface area contributed by atoms with Crippen molar-refractivity contribution in [1.29, 1.82) is 0 Å². The minimum atomic E-state index is 0.451. The molecule has 0 saturated heterocycles. The van der Waals surface area contributed by atoms with Crippen molar-refractivity contribution >= 4 is 5.57 Å². The number of rotatable bonds is 1. The lowest BCUT2D eigenvalue weighted by Gasteiger charge is -2.14. The Hall–Kier alpha value is -1.50. The predicted molar refractivity (Wildman–Crippen MR) is 67.5 cm³/mol. The lowest BCUT2D eigenvalue weighted by Crippen LogP contribution is -2.20. The summed E-state index contributed by atoms with van der Waals surface area (Å²) in [5.74, 6) is 0. The van der Waals surface area contributed by atoms with Gasteiger partial charge in [0.2, 0.25) is 0 Å². The van der Waals surface area contributed by atoms with Gasteiger partial charge in [-0.05, 0) is 18.1 Å². The van der Waals surface area contributed by atoms with Crippen LogP contribution < -0.4 is 5.32 Å². The fourth-order valence-electron chi connectivity index (χ4n) is 1.38. The maximum absolute atomic E-state index is 3.28. The summed E-state index contributed by atoms with van der Waals surface area (Å²) in [5.41, 5.74) is 2.51. The third-order valence-corrected chi connectivity index (χ3v) is 2.17. The molecule has 1 aliphatic heterocycles. The Labute approximate surface area is 92.5 Å². The summed E-state index contributed by atoms with van der Waals surface area (Å²) in [4.78, 5) is 0. The second-order valence-corrected chi connectivity index (χ2v) is 3.28. The first-order valence-electron chi connectivity index (χ1n) is 5.56. The molecule has 15 heavy (non-hydrogen) atoms. The van der Waals surface area contributed by atoms with E-state index in [1.54, 1.807) is 0 Å². The maximum Gasteiger partial charge on any atom is 0.0414 e. The molecule has 0 fully saturated rings. The number of benzene rings is 1. The van der Waals surface area contributed by atoms with Crippen molar-refractivity contribution in [2.45, 2.75) is 26.8 Å². The second kappa shape index (κ2) is 6.07. The molecular weight excluding hydrogens is 182 g/mol. The molecule has 0 radical (unpaired) electrons. The van der Waals surface area contributed by atoms with E-state index in [2.05, 4.69) is 54.9 Å². The largest absolute Gasteiger partial charge is 0.384 e. The van der Waals surface area contributed by atoms with Crippen LogP contribution in [0.2, 0.25) is 0 Å². The molecule has 1 heterocycles. The number of hydrogen-bond acceptors (Lipinski definition) is 1. The second-order valence-electron chi connectivity index (χ2n) is 3.28. The average molecular weight is 201 g/mol. The molecule has 0 aliphatic carbocycles. The molecule has 1 unspecified atom stereocenters. The topological polar surface area (TPSA) is 12.0 Å². The van der Waals surface area contributed by atoms with Crippen LogP contribution in [0.15, 0.2) is 48.7 Å². The fourth-order valence-corrected chi connectivity index (χ4v) is 1.38. The summed E-state index contributed by atoms with van der Waals surface area (Å²) >= 11 is 0. The third kappa shape index (κ3) is 3.28. The molecule has 2 rings (SSSR count). The predicted octanol–water partition coefficient (Wildman–Crippen LogP) is 3.60. The summed E-state index contributed by atoms with van der Waals surface area (Å²) < 4.78 is 0. The lowest BCUT2D eigenvalue weighted by atomic mass is 10.0. The average Bonchev–Trinajstić information content (AvgIpc) is 2.34. The highest BCUT2D eigenvalue weighted by atomic mass is 14.9. The van der Waals surface area contributed by atoms with E-state index >= 15 is 0 Å². The van der Waals surface area contributed by atoms with Crippen molar-refractivity contribution in [2.75, 3.05) is 0 Å². The van der Waals surface area contributed by atoms with Gasteiger partial charge in [0, 0.05) is 12.2 Å². The molecule has 1 nitrogen and oxygen atoms in total. The van der Waals surface area contributed by atoms with Gasteiger partial charge < -0.3 is 5.32 Å². The van der Waals surface area contributed by atoms with Crippen LogP contribution >= 0.6 is 0 Å². The Morgan fingerprint density at radius 1 is 1.07 bits per heavy atom. The van der Waals surface area contributed by atoms with Crippen molar-refractivity contribution in [3.63, 3.8) is 0 Å². The van der Waals surface area contributed by atoms with E-state index in [0.717, 1.165) is 0 Å². The van der Waals surface area contributed by atoms with Gasteiger partial charge in [-0.15, -0.1) is 0 Å². The first kappa shape index (κ1) is 11.6. The van der Waals surface area contributed by atoms with Crippen molar-refractivity contribution in [3.05, 3.63) is 54.2 Å². The quantitative estimate of drug-likeness (QED) is 0.732. The maximum atomic E-state index is 3.28. The van der Waals surface area contributed by atoms with Gasteiger partial charge in [-0.3, -0.25) is 0 Å². The normalized spacial score (nSPS) is 18.3. The summed E-state index contributed by atoms with van der Waals surface area (Å²) in [6.45, 7) is 6.13. The standard InChI is InChI=1S/C12H13N.C2H6/c1-10-7-8-12(9-13-10)11-5-3-2-4-6-11;1-2/h2-10,13H,1H3;1-2H3. The number of allylic oxidation sites excluding steroid dienone is 2. The molecule has 1 N–H and O–H groups in total. The van der Waals surface area contributed by atoms with E-state index in [9.17, 15) is 0 Å². The highest BCUT2D eigenvalue weighted by molar-refractivity contribution is 5.74. The van der Waals surface area contributed by atoms with E-state index in [4.69, 9.17) is 0 Å². The highest BCUT2D eigenvalue weighted by Crippen LogP contribution is 2.17. The molecule has 0 bridgehead atoms. The summed E-state index contributed by atoms with van der Waals surface area (Å²) in [6, 6.07) is 10.8. The lowest BCUT2D eigenvalue weighted by molar-refractivity contribution is 0.764. The Bertz CT molecular complexity index is 336. The molecule has 0 aromatic heterocycles. The van der Waals surface area contributed by atoms with E-state index in [0.29, 0.717) is 6.04 Å². The Morgan fingerprint density at radius 2 is 1.73 bits per heavy atom. The van der Waals surface area contributed by atoms with Crippen molar-refractivity contribution in [1.82, 2.24) is 5.32 Å². The zero-order valence-electron chi connectivity index (χ0n) is 9.70. The smallest absolute Gasteiger partial charge is 0.0414 e. The molecule has 1 aromatic carbocycles. The van der Waals surface area contributed by atoms with Gasteiger partial charge in [0.25, 0.3) is 0 Å². The van der Waals surface area contributed by atoms with Crippen LogP contribution in [0.3, 0.4) is 0 Å². The van der Waals surface area contributed by atoms with Crippen molar-refractivity contribution in [2.24, 2.45) is 0 Å². The molecule has 1 atom stereocenters. The minimum absolute atomic E-state index is 0.451. The van der Waals surface area contributed by atoms with E-state index < -0.39 is 0 Å². The first-order valence-corrected chi connectivity index (χ1v) is 5.56. The fraction of sp³-hybridized carbons (Fsp3) is 0.286. The third-order valence-electron chi connectivity index (χ3n) is 2.17. The zero-order valence-corrected chi connectivity index (χ0v) is 9.70. The molecule has 1 heteroatoms. The van der Waals surface area contributed by atoms with Gasteiger partial charge in [-0.1, -0.05) is 56.3 Å². The molecule has 0 saturated carbocycles. The van der Waals surface area contributed by atoms with Gasteiger partial charge in [0.1, 0.15) is 0 Å². The summed E-state index contributed by atoms with van der Waals surface area (Å²) in [6.07, 6.45) is 6.40. The van der Waals surface area contributed by atoms with Gasteiger partial charge in [0.05, 0.1) is 0 Å². The molecule has 0 amide bonds. The minimum Gasteiger partial charge on any atom is -0.384 e. The van der Waals surface area contributed by atoms with Crippen LogP contribution in [0.5, 0.6) is 0 Å². The Balaban J connectivity index is 0.000000531. The Kier molecular flexibility index (Phi) is 4.69. The van der Waals surface area contributed by atoms with Crippen LogP contribution in [0.4, 0.5) is 0 Å². The first-order chi connectivity index (χ1) is 7.36. The summed E-state index contributed by atoms with van der Waals surface area (Å²) in [5, 5.41) is 3.28. The van der Waals surface area contributed by atoms with E-state index in [-0.39, 0.29) is 0 Å². The van der Waals surface area contributed by atoms with Crippen LogP contribution in [0.1, 0.15) is 26.3 Å². The molecule has 1 aliphatic rings. The molecule has 0 spiro atoms. The number of dihydropyridines is 1. The SMILES string of the molecule is CC.CC1C=CC(c2ccccc2)=CN1. The van der Waals surface area contributed by atoms with Crippen LogP contribution in [0.25, 0.3) is 5.57 Å². The highest BCUT2D eigenvalue weighted by Gasteiger charge is 2.02. The monoisotopic (exact) mass is 201 g/mol. The van der Waals surface area contributed by atoms with Gasteiger partial charge in [0.15, 0.2) is 0 Å². The van der Waals surface area contributed by atoms with Crippen molar-refractivity contribution in [3.8, 4) is 0 Å². The molecular formula is C14H19N. The van der Waals surface area contributed by atoms with Crippen LogP contribution in [-0.4, -0.2) is 6.04 Å². The number of hydrogen-bond donors (Lipinski definition) is 1. The van der Waals surface area contributed by atoms with Crippen molar-refractivity contribution < 1.29 is 0 Å². The van der Waals surface area contributed by atoms with Gasteiger partial charge in [-0.25, -0.2) is 0 Å². The molecule has 80 valence electrons.